The minimum Gasteiger partial charge on any atom is -0.354 e. The van der Waals surface area contributed by atoms with Gasteiger partial charge in [0.05, 0.1) is 23.3 Å². The molecule has 2 heterocycles. The summed E-state index contributed by atoms with van der Waals surface area (Å²) in [5, 5.41) is 3.36. The number of piperidine rings is 1. The number of thioether (sulfide) groups is 1. The Morgan fingerprint density at radius 2 is 1.94 bits per heavy atom. The van der Waals surface area contributed by atoms with Crippen molar-refractivity contribution in [1.29, 1.82) is 0 Å². The van der Waals surface area contributed by atoms with Gasteiger partial charge in [-0.1, -0.05) is 60.1 Å². The zero-order chi connectivity index (χ0) is 23.2. The molecule has 1 amide bonds. The molecule has 33 heavy (non-hydrogen) atoms. The van der Waals surface area contributed by atoms with Crippen LogP contribution in [0.5, 0.6) is 0 Å². The number of benzene rings is 2. The molecule has 2 aromatic carbocycles. The maximum absolute atomic E-state index is 13.3. The number of carbonyl (C=O) groups is 1. The van der Waals surface area contributed by atoms with Crippen molar-refractivity contribution in [1.82, 2.24) is 19.8 Å². The van der Waals surface area contributed by atoms with Crippen molar-refractivity contribution >= 4 is 28.7 Å². The molecule has 174 valence electrons. The molecule has 0 radical (unpaired) electrons. The summed E-state index contributed by atoms with van der Waals surface area (Å²) in [6.45, 7) is 7.37. The van der Waals surface area contributed by atoms with E-state index in [0.29, 0.717) is 24.2 Å². The van der Waals surface area contributed by atoms with Gasteiger partial charge in [-0.2, -0.15) is 0 Å². The molecule has 1 N–H and O–H groups in total. The summed E-state index contributed by atoms with van der Waals surface area (Å²) in [6.07, 6.45) is 3.75. The van der Waals surface area contributed by atoms with Crippen molar-refractivity contribution in [2.45, 2.75) is 50.7 Å². The summed E-state index contributed by atoms with van der Waals surface area (Å²) in [4.78, 5) is 32.7. The van der Waals surface area contributed by atoms with Crippen LogP contribution in [-0.4, -0.2) is 51.8 Å². The number of aryl methyl sites for hydroxylation is 1. The summed E-state index contributed by atoms with van der Waals surface area (Å²) in [6, 6.07) is 16.4. The van der Waals surface area contributed by atoms with E-state index in [-0.39, 0.29) is 17.2 Å². The zero-order valence-electron chi connectivity index (χ0n) is 19.4. The van der Waals surface area contributed by atoms with Crippen LogP contribution in [0.2, 0.25) is 0 Å². The number of likely N-dealkylation sites (tertiary alicyclic amines) is 1. The molecule has 3 aromatic rings. The van der Waals surface area contributed by atoms with E-state index in [2.05, 4.69) is 22.1 Å². The number of hydrogen-bond acceptors (Lipinski definition) is 5. The van der Waals surface area contributed by atoms with E-state index in [1.54, 1.807) is 4.57 Å². The number of carbonyl (C=O) groups excluding carboxylic acids is 1. The van der Waals surface area contributed by atoms with Gasteiger partial charge in [-0.3, -0.25) is 19.1 Å². The quantitative estimate of drug-likeness (QED) is 0.513. The van der Waals surface area contributed by atoms with Crippen LogP contribution in [0.1, 0.15) is 37.3 Å². The molecule has 6 nitrogen and oxygen atoms in total. The van der Waals surface area contributed by atoms with Gasteiger partial charge in [0.2, 0.25) is 5.91 Å². The van der Waals surface area contributed by atoms with Crippen molar-refractivity contribution in [3.63, 3.8) is 0 Å². The van der Waals surface area contributed by atoms with Crippen LogP contribution in [0.25, 0.3) is 11.0 Å². The molecule has 7 heteroatoms. The fourth-order valence-electron chi connectivity index (χ4n) is 4.31. The highest BCUT2D eigenvalue weighted by molar-refractivity contribution is 7.99. The maximum atomic E-state index is 13.3. The summed E-state index contributed by atoms with van der Waals surface area (Å²) < 4.78 is 1.75. The molecular weight excluding hydrogens is 432 g/mol. The average molecular weight is 465 g/mol. The molecule has 0 spiro atoms. The summed E-state index contributed by atoms with van der Waals surface area (Å²) in [7, 11) is 0. The van der Waals surface area contributed by atoms with Gasteiger partial charge < -0.3 is 5.32 Å². The minimum absolute atomic E-state index is 0.0656. The normalized spacial score (nSPS) is 16.7. The second-order valence-corrected chi connectivity index (χ2v) is 9.77. The van der Waals surface area contributed by atoms with Crippen molar-refractivity contribution in [3.8, 4) is 0 Å². The number of aromatic nitrogens is 2. The monoisotopic (exact) mass is 464 g/mol. The molecule has 1 aliphatic heterocycles. The number of amides is 1. The van der Waals surface area contributed by atoms with Crippen LogP contribution in [0.4, 0.5) is 0 Å². The Kier molecular flexibility index (Phi) is 7.83. The van der Waals surface area contributed by atoms with E-state index in [0.717, 1.165) is 29.7 Å². The fraction of sp³-hybridized carbons (Fsp3) is 0.423. The van der Waals surface area contributed by atoms with Gasteiger partial charge in [0, 0.05) is 19.1 Å². The maximum Gasteiger partial charge on any atom is 0.283 e. The van der Waals surface area contributed by atoms with Gasteiger partial charge in [-0.05, 0) is 50.9 Å². The van der Waals surface area contributed by atoms with E-state index in [9.17, 15) is 9.59 Å². The lowest BCUT2D eigenvalue weighted by Crippen LogP contribution is -2.42. The smallest absolute Gasteiger partial charge is 0.283 e. The Bertz CT molecular complexity index is 1160. The number of nitrogens with one attached hydrogen (secondary N) is 1. The van der Waals surface area contributed by atoms with Gasteiger partial charge in [0.25, 0.3) is 5.56 Å². The lowest BCUT2D eigenvalue weighted by molar-refractivity contribution is -0.118. The Balaban J connectivity index is 1.43. The van der Waals surface area contributed by atoms with E-state index >= 15 is 0 Å². The zero-order valence-corrected chi connectivity index (χ0v) is 20.2. The van der Waals surface area contributed by atoms with Gasteiger partial charge in [0.1, 0.15) is 0 Å². The van der Waals surface area contributed by atoms with Crippen LogP contribution in [0.15, 0.2) is 58.4 Å². The summed E-state index contributed by atoms with van der Waals surface area (Å²) >= 11 is 1.21. The highest BCUT2D eigenvalue weighted by Crippen LogP contribution is 2.18. The minimum atomic E-state index is -0.158. The molecule has 1 saturated heterocycles. The second-order valence-electron chi connectivity index (χ2n) is 8.80. The Labute approximate surface area is 199 Å². The number of rotatable bonds is 8. The lowest BCUT2D eigenvalue weighted by Gasteiger charge is -2.33. The molecule has 1 atom stereocenters. The Hall–Kier alpha value is -2.64. The molecule has 0 saturated carbocycles. The first-order valence-corrected chi connectivity index (χ1v) is 12.7. The van der Waals surface area contributed by atoms with Gasteiger partial charge in [-0.25, -0.2) is 4.98 Å². The first kappa shape index (κ1) is 23.5. The summed E-state index contributed by atoms with van der Waals surface area (Å²) in [5.41, 5.74) is 3.63. The van der Waals surface area contributed by atoms with Crippen molar-refractivity contribution in [2.75, 3.05) is 25.4 Å². The molecule has 1 fully saturated rings. The summed E-state index contributed by atoms with van der Waals surface area (Å²) in [5.74, 6) is 0.116. The first-order chi connectivity index (χ1) is 16.0. The predicted octanol–water partition coefficient (Wildman–Crippen LogP) is 3.84. The van der Waals surface area contributed by atoms with Crippen LogP contribution in [0.3, 0.4) is 0 Å². The molecular formula is C26H32N4O2S. The molecule has 1 aliphatic rings. The van der Waals surface area contributed by atoms with Gasteiger partial charge in [-0.15, -0.1) is 0 Å². The van der Waals surface area contributed by atoms with Crippen molar-refractivity contribution in [2.24, 2.45) is 0 Å². The highest BCUT2D eigenvalue weighted by atomic mass is 32.2. The average Bonchev–Trinajstić information content (AvgIpc) is 2.82. The van der Waals surface area contributed by atoms with Crippen LogP contribution in [-0.2, 0) is 11.3 Å². The third-order valence-corrected chi connectivity index (χ3v) is 7.23. The van der Waals surface area contributed by atoms with Gasteiger partial charge in [0.15, 0.2) is 5.03 Å². The molecule has 0 aliphatic carbocycles. The van der Waals surface area contributed by atoms with Crippen molar-refractivity contribution < 1.29 is 4.79 Å². The third kappa shape index (κ3) is 6.03. The van der Waals surface area contributed by atoms with Gasteiger partial charge >= 0.3 is 0 Å². The van der Waals surface area contributed by atoms with Crippen molar-refractivity contribution in [3.05, 3.63) is 70.0 Å². The second kappa shape index (κ2) is 11.0. The predicted molar refractivity (Wildman–Crippen MR) is 135 cm³/mol. The fourth-order valence-corrected chi connectivity index (χ4v) is 5.08. The number of nitrogens with zero attached hydrogens (tertiary/aromatic N) is 3. The molecule has 0 bridgehead atoms. The molecule has 0 unspecified atom stereocenters. The van der Waals surface area contributed by atoms with E-state index in [1.165, 1.54) is 36.6 Å². The third-order valence-electron chi connectivity index (χ3n) is 6.29. The molecule has 4 rings (SSSR count). The van der Waals surface area contributed by atoms with E-state index in [4.69, 9.17) is 0 Å². The number of para-hydroxylation sites is 2. The first-order valence-electron chi connectivity index (χ1n) is 11.7. The molecule has 1 aromatic heterocycles. The highest BCUT2D eigenvalue weighted by Gasteiger charge is 2.18. The van der Waals surface area contributed by atoms with Crippen LogP contribution < -0.4 is 10.9 Å². The largest absolute Gasteiger partial charge is 0.354 e. The van der Waals surface area contributed by atoms with Crippen LogP contribution >= 0.6 is 11.8 Å². The lowest BCUT2D eigenvalue weighted by atomic mass is 10.0. The topological polar surface area (TPSA) is 67.2 Å². The number of fused-ring (bicyclic) bond motifs is 1. The van der Waals surface area contributed by atoms with Crippen LogP contribution in [0, 0.1) is 6.92 Å². The standard InChI is InChI=1S/C26H32N4O2S/c1-19-10-12-21(13-11-19)17-30-23-9-4-3-8-22(23)28-25(26(30)32)33-18-24(31)27-14-16-29-15-6-5-7-20(29)2/h3-4,8-13,20H,5-7,14-18H2,1-2H3,(H,27,31)/t20-/m1/s1. The van der Waals surface area contributed by atoms with E-state index < -0.39 is 0 Å². The Morgan fingerprint density at radius 1 is 1.15 bits per heavy atom. The van der Waals surface area contributed by atoms with E-state index in [1.807, 2.05) is 55.5 Å². The SMILES string of the molecule is Cc1ccc(Cn2c(=O)c(SCC(=O)NCCN3CCCC[C@H]3C)nc3ccccc32)cc1. The Morgan fingerprint density at radius 3 is 2.73 bits per heavy atom. The number of hydrogen-bond donors (Lipinski definition) is 1.